The third kappa shape index (κ3) is 5.09. The summed E-state index contributed by atoms with van der Waals surface area (Å²) in [6, 6.07) is 7.06. The van der Waals surface area contributed by atoms with Gasteiger partial charge in [-0.15, -0.1) is 0 Å². The molecule has 1 unspecified atom stereocenters. The van der Waals surface area contributed by atoms with Gasteiger partial charge in [0.25, 0.3) is 0 Å². The smallest absolute Gasteiger partial charge is 0.119 e. The van der Waals surface area contributed by atoms with Crippen LogP contribution in [-0.4, -0.2) is 19.2 Å². The van der Waals surface area contributed by atoms with Crippen molar-refractivity contribution in [3.05, 3.63) is 29.3 Å². The number of ether oxygens (including phenoxy) is 1. The lowest BCUT2D eigenvalue weighted by molar-refractivity contribution is 0.305. The summed E-state index contributed by atoms with van der Waals surface area (Å²) >= 11 is 0. The Labute approximate surface area is 112 Å². The largest absolute Gasteiger partial charge is 0.492 e. The molecule has 1 aromatic rings. The molecule has 0 saturated carbocycles. The topological polar surface area (TPSA) is 21.3 Å². The number of benzene rings is 1. The van der Waals surface area contributed by atoms with Crippen molar-refractivity contribution < 1.29 is 4.74 Å². The van der Waals surface area contributed by atoms with Crippen molar-refractivity contribution in [2.75, 3.05) is 13.2 Å². The summed E-state index contributed by atoms with van der Waals surface area (Å²) in [4.78, 5) is 0. The molecule has 1 atom stereocenters. The van der Waals surface area contributed by atoms with Crippen molar-refractivity contribution in [1.29, 1.82) is 0 Å². The summed E-state index contributed by atoms with van der Waals surface area (Å²) in [5.74, 6) is 1.54. The van der Waals surface area contributed by atoms with Gasteiger partial charge in [0.15, 0.2) is 0 Å². The van der Waals surface area contributed by atoms with Gasteiger partial charge >= 0.3 is 0 Å². The van der Waals surface area contributed by atoms with Gasteiger partial charge in [0.1, 0.15) is 12.4 Å². The van der Waals surface area contributed by atoms with Gasteiger partial charge < -0.3 is 10.1 Å². The minimum absolute atomic E-state index is 0.547. The monoisotopic (exact) mass is 249 g/mol. The van der Waals surface area contributed by atoms with Crippen molar-refractivity contribution >= 4 is 0 Å². The van der Waals surface area contributed by atoms with Gasteiger partial charge in [0.2, 0.25) is 0 Å². The minimum atomic E-state index is 0.547. The van der Waals surface area contributed by atoms with Crippen LogP contribution in [0.5, 0.6) is 5.75 Å². The molecule has 2 nitrogen and oxygen atoms in total. The fourth-order valence-electron chi connectivity index (χ4n) is 1.81. The van der Waals surface area contributed by atoms with Crippen LogP contribution in [0.1, 0.15) is 51.2 Å². The Balaban J connectivity index is 2.47. The number of aryl methyl sites for hydroxylation is 1. The first-order valence-electron chi connectivity index (χ1n) is 7.00. The summed E-state index contributed by atoms with van der Waals surface area (Å²) in [6.07, 6.45) is 1.15. The maximum absolute atomic E-state index is 5.81. The van der Waals surface area contributed by atoms with E-state index in [4.69, 9.17) is 4.74 Å². The SMILES string of the molecule is CCC(C)NCCOc1cc(C)cc(C(C)C)c1. The van der Waals surface area contributed by atoms with Crippen LogP contribution >= 0.6 is 0 Å². The van der Waals surface area contributed by atoms with E-state index < -0.39 is 0 Å². The Kier molecular flexibility index (Phi) is 6.20. The van der Waals surface area contributed by atoms with E-state index in [-0.39, 0.29) is 0 Å². The van der Waals surface area contributed by atoms with Crippen LogP contribution < -0.4 is 10.1 Å². The number of hydrogen-bond acceptors (Lipinski definition) is 2. The predicted octanol–water partition coefficient (Wildman–Crippen LogP) is 3.89. The van der Waals surface area contributed by atoms with Gasteiger partial charge in [-0.2, -0.15) is 0 Å². The fourth-order valence-corrected chi connectivity index (χ4v) is 1.81. The lowest BCUT2D eigenvalue weighted by Crippen LogP contribution is -2.29. The van der Waals surface area contributed by atoms with Gasteiger partial charge in [-0.3, -0.25) is 0 Å². The Morgan fingerprint density at radius 1 is 1.17 bits per heavy atom. The van der Waals surface area contributed by atoms with Crippen molar-refractivity contribution in [2.24, 2.45) is 0 Å². The molecule has 1 rings (SSSR count). The van der Waals surface area contributed by atoms with Crippen molar-refractivity contribution in [2.45, 2.75) is 53.0 Å². The van der Waals surface area contributed by atoms with Crippen LogP contribution in [0.3, 0.4) is 0 Å². The van der Waals surface area contributed by atoms with Gasteiger partial charge in [0.05, 0.1) is 0 Å². The highest BCUT2D eigenvalue weighted by molar-refractivity contribution is 5.35. The first kappa shape index (κ1) is 15.0. The highest BCUT2D eigenvalue weighted by atomic mass is 16.5. The molecule has 0 aliphatic carbocycles. The zero-order valence-corrected chi connectivity index (χ0v) is 12.4. The molecule has 0 fully saturated rings. The molecule has 0 spiro atoms. The van der Waals surface area contributed by atoms with E-state index in [0.29, 0.717) is 12.0 Å². The molecule has 2 heteroatoms. The maximum Gasteiger partial charge on any atom is 0.119 e. The fraction of sp³-hybridized carbons (Fsp3) is 0.625. The number of rotatable bonds is 7. The normalized spacial score (nSPS) is 12.8. The van der Waals surface area contributed by atoms with E-state index in [1.54, 1.807) is 0 Å². The van der Waals surface area contributed by atoms with Crippen molar-refractivity contribution in [1.82, 2.24) is 5.32 Å². The van der Waals surface area contributed by atoms with Crippen LogP contribution in [0.2, 0.25) is 0 Å². The Morgan fingerprint density at radius 2 is 1.89 bits per heavy atom. The van der Waals surface area contributed by atoms with Gasteiger partial charge in [-0.25, -0.2) is 0 Å². The van der Waals surface area contributed by atoms with E-state index in [1.165, 1.54) is 11.1 Å². The van der Waals surface area contributed by atoms with Crippen LogP contribution in [-0.2, 0) is 0 Å². The number of hydrogen-bond donors (Lipinski definition) is 1. The van der Waals surface area contributed by atoms with Crippen molar-refractivity contribution in [3.8, 4) is 5.75 Å². The maximum atomic E-state index is 5.81. The molecule has 0 radical (unpaired) electrons. The molecule has 0 heterocycles. The zero-order chi connectivity index (χ0) is 13.5. The number of nitrogens with one attached hydrogen (secondary N) is 1. The Morgan fingerprint density at radius 3 is 2.50 bits per heavy atom. The summed E-state index contributed by atoms with van der Waals surface area (Å²) in [7, 11) is 0. The van der Waals surface area contributed by atoms with Crippen molar-refractivity contribution in [3.63, 3.8) is 0 Å². The molecule has 18 heavy (non-hydrogen) atoms. The van der Waals surface area contributed by atoms with Crippen LogP contribution in [0, 0.1) is 6.92 Å². The minimum Gasteiger partial charge on any atom is -0.492 e. The molecule has 1 N–H and O–H groups in total. The Hall–Kier alpha value is -1.02. The summed E-state index contributed by atoms with van der Waals surface area (Å²) < 4.78 is 5.81. The summed E-state index contributed by atoms with van der Waals surface area (Å²) in [6.45, 7) is 12.6. The molecular formula is C16H27NO. The van der Waals surface area contributed by atoms with Crippen LogP contribution in [0.25, 0.3) is 0 Å². The quantitative estimate of drug-likeness (QED) is 0.740. The summed E-state index contributed by atoms with van der Waals surface area (Å²) in [5, 5.41) is 3.43. The van der Waals surface area contributed by atoms with E-state index >= 15 is 0 Å². The van der Waals surface area contributed by atoms with Crippen LogP contribution in [0.4, 0.5) is 0 Å². The first-order chi connectivity index (χ1) is 8.52. The molecule has 0 aliphatic heterocycles. The third-order valence-electron chi connectivity index (χ3n) is 3.22. The van der Waals surface area contributed by atoms with E-state index in [1.807, 2.05) is 0 Å². The Bertz CT molecular complexity index is 360. The average Bonchev–Trinajstić information content (AvgIpc) is 2.33. The summed E-state index contributed by atoms with van der Waals surface area (Å²) in [5.41, 5.74) is 2.62. The lowest BCUT2D eigenvalue weighted by Gasteiger charge is -2.14. The second kappa shape index (κ2) is 7.42. The highest BCUT2D eigenvalue weighted by Gasteiger charge is 2.03. The molecule has 0 saturated heterocycles. The predicted molar refractivity (Wildman–Crippen MR) is 78.5 cm³/mol. The molecule has 0 bridgehead atoms. The molecule has 0 aromatic heterocycles. The molecule has 0 amide bonds. The lowest BCUT2D eigenvalue weighted by atomic mass is 10.0. The second-order valence-electron chi connectivity index (χ2n) is 5.35. The van der Waals surface area contributed by atoms with Crippen LogP contribution in [0.15, 0.2) is 18.2 Å². The first-order valence-corrected chi connectivity index (χ1v) is 7.00. The highest BCUT2D eigenvalue weighted by Crippen LogP contribution is 2.22. The van der Waals surface area contributed by atoms with E-state index in [2.05, 4.69) is 58.1 Å². The second-order valence-corrected chi connectivity index (χ2v) is 5.35. The van der Waals surface area contributed by atoms with E-state index in [9.17, 15) is 0 Å². The van der Waals surface area contributed by atoms with Gasteiger partial charge in [0, 0.05) is 12.6 Å². The van der Waals surface area contributed by atoms with Gasteiger partial charge in [-0.05, 0) is 49.4 Å². The third-order valence-corrected chi connectivity index (χ3v) is 3.22. The standard InChI is InChI=1S/C16H27NO/c1-6-14(5)17-7-8-18-16-10-13(4)9-15(11-16)12(2)3/h9-12,14,17H,6-8H2,1-5H3. The average molecular weight is 249 g/mol. The van der Waals surface area contributed by atoms with Gasteiger partial charge in [-0.1, -0.05) is 26.8 Å². The zero-order valence-electron chi connectivity index (χ0n) is 12.4. The van der Waals surface area contributed by atoms with E-state index in [0.717, 1.165) is 25.3 Å². The molecular weight excluding hydrogens is 222 g/mol. The molecule has 1 aromatic carbocycles. The molecule has 102 valence electrons. The molecule has 0 aliphatic rings.